The van der Waals surface area contributed by atoms with Crippen LogP contribution >= 0.6 is 11.6 Å². The average molecular weight is 384 g/mol. The smallest absolute Gasteiger partial charge is 0.257 e. The van der Waals surface area contributed by atoms with Crippen molar-refractivity contribution < 1.29 is 9.21 Å². The van der Waals surface area contributed by atoms with Crippen molar-refractivity contribution >= 4 is 17.5 Å². The van der Waals surface area contributed by atoms with E-state index in [1.54, 1.807) is 29.0 Å². The highest BCUT2D eigenvalue weighted by atomic mass is 35.5. The number of carbonyl (C=O) groups is 1. The van der Waals surface area contributed by atoms with Crippen molar-refractivity contribution in [2.75, 3.05) is 7.05 Å². The number of hydrogen-bond donors (Lipinski definition) is 0. The maximum atomic E-state index is 12.7. The molecule has 0 spiro atoms. The fraction of sp³-hybridized carbons (Fsp3) is 0.333. The first-order valence-corrected chi connectivity index (χ1v) is 9.49. The Balaban J connectivity index is 1.39. The van der Waals surface area contributed by atoms with Crippen LogP contribution in [0.5, 0.6) is 0 Å². The molecule has 0 radical (unpaired) electrons. The Hall–Kier alpha value is -2.53. The highest BCUT2D eigenvalue weighted by Crippen LogP contribution is 2.47. The summed E-state index contributed by atoms with van der Waals surface area (Å²) >= 11 is 6.20. The Labute approximate surface area is 163 Å². The van der Waals surface area contributed by atoms with E-state index in [4.69, 9.17) is 16.0 Å². The number of rotatable bonds is 6. The SMILES string of the molecule is C[C@@H]1C[C@H]1c1ccc(CN(C)C(=O)c2cnn(Cc3ccccc3Cl)c2)o1. The third kappa shape index (κ3) is 3.93. The van der Waals surface area contributed by atoms with Gasteiger partial charge in [0.25, 0.3) is 5.91 Å². The molecule has 140 valence electrons. The quantitative estimate of drug-likeness (QED) is 0.626. The molecular weight excluding hydrogens is 362 g/mol. The number of amides is 1. The summed E-state index contributed by atoms with van der Waals surface area (Å²) in [6.07, 6.45) is 4.53. The van der Waals surface area contributed by atoms with Gasteiger partial charge in [-0.15, -0.1) is 0 Å². The lowest BCUT2D eigenvalue weighted by molar-refractivity contribution is 0.0774. The van der Waals surface area contributed by atoms with Gasteiger partial charge in [-0.3, -0.25) is 9.48 Å². The molecule has 1 aliphatic carbocycles. The molecule has 0 N–H and O–H groups in total. The van der Waals surface area contributed by atoms with Crippen LogP contribution in [0.2, 0.25) is 5.02 Å². The molecule has 1 saturated carbocycles. The van der Waals surface area contributed by atoms with Crippen LogP contribution in [0.1, 0.15) is 46.7 Å². The van der Waals surface area contributed by atoms with Gasteiger partial charge in [-0.05, 0) is 36.1 Å². The molecule has 1 fully saturated rings. The molecule has 4 rings (SSSR count). The molecule has 6 heteroatoms. The third-order valence-electron chi connectivity index (χ3n) is 5.07. The summed E-state index contributed by atoms with van der Waals surface area (Å²) in [5, 5.41) is 4.99. The van der Waals surface area contributed by atoms with Crippen LogP contribution in [0, 0.1) is 5.92 Å². The zero-order chi connectivity index (χ0) is 19.0. The first-order valence-electron chi connectivity index (χ1n) is 9.11. The lowest BCUT2D eigenvalue weighted by atomic mass is 10.2. The van der Waals surface area contributed by atoms with Crippen LogP contribution < -0.4 is 0 Å². The van der Waals surface area contributed by atoms with E-state index in [0.717, 1.165) is 17.1 Å². The number of carbonyl (C=O) groups excluding carboxylic acids is 1. The Morgan fingerprint density at radius 2 is 2.11 bits per heavy atom. The molecule has 0 bridgehead atoms. The normalized spacial score (nSPS) is 18.5. The summed E-state index contributed by atoms with van der Waals surface area (Å²) in [5.74, 6) is 3.00. The van der Waals surface area contributed by atoms with E-state index in [0.29, 0.717) is 35.5 Å². The average Bonchev–Trinajstić information content (AvgIpc) is 3.04. The number of benzene rings is 1. The maximum Gasteiger partial charge on any atom is 0.257 e. The predicted molar refractivity (Wildman–Crippen MR) is 104 cm³/mol. The van der Waals surface area contributed by atoms with E-state index in [-0.39, 0.29) is 5.91 Å². The Bertz CT molecular complexity index is 962. The van der Waals surface area contributed by atoms with Gasteiger partial charge in [-0.1, -0.05) is 36.7 Å². The number of nitrogens with zero attached hydrogens (tertiary/aromatic N) is 3. The van der Waals surface area contributed by atoms with Gasteiger partial charge in [-0.25, -0.2) is 0 Å². The van der Waals surface area contributed by atoms with Crippen molar-refractivity contribution in [3.63, 3.8) is 0 Å². The predicted octanol–water partition coefficient (Wildman–Crippen LogP) is 4.57. The summed E-state index contributed by atoms with van der Waals surface area (Å²) in [4.78, 5) is 14.3. The molecule has 2 atom stereocenters. The summed E-state index contributed by atoms with van der Waals surface area (Å²) in [5.41, 5.74) is 1.51. The monoisotopic (exact) mass is 383 g/mol. The maximum absolute atomic E-state index is 12.7. The van der Waals surface area contributed by atoms with Crippen LogP contribution in [0.15, 0.2) is 53.2 Å². The summed E-state index contributed by atoms with van der Waals surface area (Å²) in [6.45, 7) is 3.19. The first kappa shape index (κ1) is 17.9. The number of halogens is 1. The van der Waals surface area contributed by atoms with Crippen LogP contribution in [0.4, 0.5) is 0 Å². The van der Waals surface area contributed by atoms with Crippen LogP contribution in [-0.4, -0.2) is 27.6 Å². The second kappa shape index (κ2) is 7.24. The van der Waals surface area contributed by atoms with Gasteiger partial charge < -0.3 is 9.32 Å². The van der Waals surface area contributed by atoms with Crippen molar-refractivity contribution in [3.05, 3.63) is 76.5 Å². The molecule has 5 nitrogen and oxygen atoms in total. The minimum absolute atomic E-state index is 0.0850. The minimum Gasteiger partial charge on any atom is -0.464 e. The Morgan fingerprint density at radius 3 is 2.85 bits per heavy atom. The van der Waals surface area contributed by atoms with E-state index < -0.39 is 0 Å². The highest BCUT2D eigenvalue weighted by Gasteiger charge is 2.36. The number of aromatic nitrogens is 2. The van der Waals surface area contributed by atoms with E-state index in [2.05, 4.69) is 12.0 Å². The summed E-state index contributed by atoms with van der Waals surface area (Å²) < 4.78 is 7.63. The van der Waals surface area contributed by atoms with Crippen molar-refractivity contribution in [2.24, 2.45) is 5.92 Å². The lowest BCUT2D eigenvalue weighted by Crippen LogP contribution is -2.25. The van der Waals surface area contributed by atoms with Crippen molar-refractivity contribution in [3.8, 4) is 0 Å². The molecule has 0 aliphatic heterocycles. The van der Waals surface area contributed by atoms with Crippen molar-refractivity contribution in [2.45, 2.75) is 32.4 Å². The van der Waals surface area contributed by atoms with Crippen LogP contribution in [0.25, 0.3) is 0 Å². The molecular formula is C21H22ClN3O2. The van der Waals surface area contributed by atoms with Crippen molar-refractivity contribution in [1.82, 2.24) is 14.7 Å². The van der Waals surface area contributed by atoms with Gasteiger partial charge in [0.05, 0.1) is 24.8 Å². The summed E-state index contributed by atoms with van der Waals surface area (Å²) in [6, 6.07) is 11.6. The van der Waals surface area contributed by atoms with Crippen LogP contribution in [0.3, 0.4) is 0 Å². The fourth-order valence-corrected chi connectivity index (χ4v) is 3.48. The second-order valence-electron chi connectivity index (χ2n) is 7.30. The summed E-state index contributed by atoms with van der Waals surface area (Å²) in [7, 11) is 1.77. The zero-order valence-corrected chi connectivity index (χ0v) is 16.2. The molecule has 0 saturated heterocycles. The topological polar surface area (TPSA) is 51.3 Å². The molecule has 2 aromatic heterocycles. The van der Waals surface area contributed by atoms with Gasteiger partial charge in [-0.2, -0.15) is 5.10 Å². The molecule has 27 heavy (non-hydrogen) atoms. The van der Waals surface area contributed by atoms with Crippen LogP contribution in [-0.2, 0) is 13.1 Å². The third-order valence-corrected chi connectivity index (χ3v) is 5.44. The molecule has 0 unspecified atom stereocenters. The standard InChI is InChI=1S/C21H22ClN3O2/c1-14-9-18(14)20-8-7-17(27-20)13-24(2)21(26)16-10-23-25(12-16)11-15-5-3-4-6-19(15)22/h3-8,10,12,14,18H,9,11,13H2,1-2H3/t14-,18-/m1/s1. The van der Waals surface area contributed by atoms with Gasteiger partial charge in [0.2, 0.25) is 0 Å². The van der Waals surface area contributed by atoms with Crippen molar-refractivity contribution in [1.29, 1.82) is 0 Å². The largest absolute Gasteiger partial charge is 0.464 e. The molecule has 1 amide bonds. The number of hydrogen-bond acceptors (Lipinski definition) is 3. The number of furan rings is 1. The molecule has 1 aromatic carbocycles. The van der Waals surface area contributed by atoms with E-state index in [1.165, 1.54) is 6.42 Å². The molecule has 2 heterocycles. The van der Waals surface area contributed by atoms with E-state index in [1.807, 2.05) is 36.4 Å². The second-order valence-corrected chi connectivity index (χ2v) is 7.71. The Morgan fingerprint density at radius 1 is 1.33 bits per heavy atom. The Kier molecular flexibility index (Phi) is 4.79. The van der Waals surface area contributed by atoms with E-state index in [9.17, 15) is 4.79 Å². The van der Waals surface area contributed by atoms with Gasteiger partial charge >= 0.3 is 0 Å². The van der Waals surface area contributed by atoms with Gasteiger partial charge in [0, 0.05) is 24.2 Å². The lowest BCUT2D eigenvalue weighted by Gasteiger charge is -2.14. The minimum atomic E-state index is -0.0850. The molecule has 1 aliphatic rings. The highest BCUT2D eigenvalue weighted by molar-refractivity contribution is 6.31. The van der Waals surface area contributed by atoms with Gasteiger partial charge in [0.1, 0.15) is 11.5 Å². The van der Waals surface area contributed by atoms with Gasteiger partial charge in [0.15, 0.2) is 0 Å². The fourth-order valence-electron chi connectivity index (χ4n) is 3.28. The molecule has 3 aromatic rings. The first-order chi connectivity index (χ1) is 13.0. The zero-order valence-electron chi connectivity index (χ0n) is 15.4. The van der Waals surface area contributed by atoms with E-state index >= 15 is 0 Å².